The highest BCUT2D eigenvalue weighted by Crippen LogP contribution is 2.18. The second kappa shape index (κ2) is 16.1. The molecule has 0 amide bonds. The second-order valence-corrected chi connectivity index (χ2v) is 6.91. The zero-order valence-electron chi connectivity index (χ0n) is 16.6. The first-order valence-electron chi connectivity index (χ1n) is 10.1. The number of guanidine groups is 1. The van der Waals surface area contributed by atoms with Crippen LogP contribution in [0.2, 0.25) is 0 Å². The zero-order chi connectivity index (χ0) is 17.6. The molecule has 5 nitrogen and oxygen atoms in total. The molecule has 0 aromatic heterocycles. The van der Waals surface area contributed by atoms with E-state index in [0.717, 1.165) is 57.4 Å². The van der Waals surface area contributed by atoms with E-state index in [1.165, 1.54) is 32.2 Å². The fourth-order valence-corrected chi connectivity index (χ4v) is 3.61. The Labute approximate surface area is 172 Å². The highest BCUT2D eigenvalue weighted by molar-refractivity contribution is 14.0. The summed E-state index contributed by atoms with van der Waals surface area (Å²) in [6, 6.07) is 0.763. The predicted octanol–water partition coefficient (Wildman–Crippen LogP) is 3.22. The molecule has 25 heavy (non-hydrogen) atoms. The third-order valence-corrected chi connectivity index (χ3v) is 5.00. The summed E-state index contributed by atoms with van der Waals surface area (Å²) in [7, 11) is 0. The van der Waals surface area contributed by atoms with Crippen molar-refractivity contribution in [2.24, 2.45) is 10.9 Å². The third kappa shape index (κ3) is 10.6. The van der Waals surface area contributed by atoms with Crippen LogP contribution in [0, 0.1) is 5.92 Å². The third-order valence-electron chi connectivity index (χ3n) is 5.00. The van der Waals surface area contributed by atoms with Crippen molar-refractivity contribution in [3.63, 3.8) is 0 Å². The second-order valence-electron chi connectivity index (χ2n) is 6.91. The van der Waals surface area contributed by atoms with Gasteiger partial charge in [0.15, 0.2) is 5.96 Å². The van der Waals surface area contributed by atoms with Gasteiger partial charge in [0.05, 0.1) is 0 Å². The Morgan fingerprint density at radius 1 is 1.20 bits per heavy atom. The average Bonchev–Trinajstić information content (AvgIpc) is 2.60. The molecule has 1 saturated heterocycles. The summed E-state index contributed by atoms with van der Waals surface area (Å²) in [5.41, 5.74) is 0. The van der Waals surface area contributed by atoms with E-state index in [2.05, 4.69) is 36.3 Å². The van der Waals surface area contributed by atoms with Crippen molar-refractivity contribution in [3.8, 4) is 0 Å². The number of aliphatic hydroxyl groups is 1. The number of nitrogens with one attached hydrogen (secondary N) is 2. The van der Waals surface area contributed by atoms with Crippen molar-refractivity contribution < 1.29 is 5.11 Å². The van der Waals surface area contributed by atoms with Gasteiger partial charge in [-0.05, 0) is 51.5 Å². The summed E-state index contributed by atoms with van der Waals surface area (Å²) < 4.78 is 0. The predicted molar refractivity (Wildman–Crippen MR) is 119 cm³/mol. The van der Waals surface area contributed by atoms with Gasteiger partial charge in [-0.2, -0.15) is 0 Å². The molecule has 3 N–H and O–H groups in total. The van der Waals surface area contributed by atoms with Crippen molar-refractivity contribution >= 4 is 29.9 Å². The van der Waals surface area contributed by atoms with Crippen LogP contribution >= 0.6 is 24.0 Å². The minimum Gasteiger partial charge on any atom is -0.396 e. The number of hydrogen-bond donors (Lipinski definition) is 3. The summed E-state index contributed by atoms with van der Waals surface area (Å²) in [5, 5.41) is 16.0. The normalized spacial score (nSPS) is 20.0. The molecule has 1 aliphatic heterocycles. The number of aliphatic imine (C=N–C) groups is 1. The van der Waals surface area contributed by atoms with Crippen molar-refractivity contribution in [3.05, 3.63) is 0 Å². The van der Waals surface area contributed by atoms with E-state index >= 15 is 0 Å². The average molecular weight is 468 g/mol. The van der Waals surface area contributed by atoms with Crippen LogP contribution in [-0.2, 0) is 0 Å². The van der Waals surface area contributed by atoms with Gasteiger partial charge in [-0.1, -0.05) is 26.7 Å². The largest absolute Gasteiger partial charge is 0.396 e. The van der Waals surface area contributed by atoms with Gasteiger partial charge >= 0.3 is 0 Å². The summed E-state index contributed by atoms with van der Waals surface area (Å²) >= 11 is 0. The summed E-state index contributed by atoms with van der Waals surface area (Å²) in [6.07, 6.45) is 8.47. The first-order chi connectivity index (χ1) is 11.7. The molecular formula is C19H41IN4O. The molecular weight excluding hydrogens is 427 g/mol. The molecule has 1 aliphatic rings. The fraction of sp³-hybridized carbons (Fsp3) is 0.947. The Kier molecular flexibility index (Phi) is 16.1. The molecule has 2 unspecified atom stereocenters. The fourth-order valence-electron chi connectivity index (χ4n) is 3.61. The highest BCUT2D eigenvalue weighted by atomic mass is 127. The van der Waals surface area contributed by atoms with E-state index in [1.807, 2.05) is 0 Å². The van der Waals surface area contributed by atoms with Crippen molar-refractivity contribution in [2.75, 3.05) is 39.3 Å². The van der Waals surface area contributed by atoms with Gasteiger partial charge in [0, 0.05) is 38.8 Å². The number of likely N-dealkylation sites (tertiary alicyclic amines) is 1. The Hall–Kier alpha value is -0.0800. The van der Waals surface area contributed by atoms with Crippen LogP contribution in [0.3, 0.4) is 0 Å². The van der Waals surface area contributed by atoms with Gasteiger partial charge in [-0.15, -0.1) is 24.0 Å². The zero-order valence-corrected chi connectivity index (χ0v) is 18.9. The summed E-state index contributed by atoms with van der Waals surface area (Å²) in [5.74, 6) is 1.41. The minimum absolute atomic E-state index is 0. The molecule has 0 aromatic carbocycles. The Balaban J connectivity index is 0.00000576. The van der Waals surface area contributed by atoms with Crippen LogP contribution in [-0.4, -0.2) is 61.3 Å². The van der Waals surface area contributed by atoms with Gasteiger partial charge in [-0.3, -0.25) is 9.89 Å². The maximum atomic E-state index is 9.18. The lowest BCUT2D eigenvalue weighted by molar-refractivity contribution is 0.147. The maximum absolute atomic E-state index is 9.18. The molecule has 0 spiro atoms. The standard InChI is InChI=1S/C19H40N4O.HI/c1-4-9-17(11-15-24)16-22-19(20-6-3)21-12-14-23-13-8-7-10-18(23)5-2;/h17-18,24H,4-16H2,1-3H3,(H2,20,21,22);1H. The number of halogens is 1. The molecule has 1 rings (SSSR count). The van der Waals surface area contributed by atoms with E-state index in [4.69, 9.17) is 4.99 Å². The lowest BCUT2D eigenvalue weighted by Crippen LogP contribution is -2.46. The van der Waals surface area contributed by atoms with E-state index in [0.29, 0.717) is 5.92 Å². The smallest absolute Gasteiger partial charge is 0.191 e. The van der Waals surface area contributed by atoms with Crippen LogP contribution in [0.15, 0.2) is 4.99 Å². The first-order valence-corrected chi connectivity index (χ1v) is 10.1. The SMILES string of the molecule is CCCC(CCO)CN=C(NCC)NCCN1CCCCC1CC.I. The number of hydrogen-bond acceptors (Lipinski definition) is 3. The van der Waals surface area contributed by atoms with Crippen LogP contribution in [0.4, 0.5) is 0 Å². The molecule has 1 heterocycles. The maximum Gasteiger partial charge on any atom is 0.191 e. The molecule has 0 radical (unpaired) electrons. The Bertz CT molecular complexity index is 335. The van der Waals surface area contributed by atoms with Gasteiger partial charge in [-0.25, -0.2) is 0 Å². The number of rotatable bonds is 11. The number of nitrogens with zero attached hydrogens (tertiary/aromatic N) is 2. The Morgan fingerprint density at radius 2 is 2.00 bits per heavy atom. The summed E-state index contributed by atoms with van der Waals surface area (Å²) in [6.45, 7) is 11.8. The van der Waals surface area contributed by atoms with Crippen LogP contribution in [0.25, 0.3) is 0 Å². The van der Waals surface area contributed by atoms with Crippen LogP contribution < -0.4 is 10.6 Å². The lowest BCUT2D eigenvalue weighted by atomic mass is 10.0. The topological polar surface area (TPSA) is 59.9 Å². The number of piperidine rings is 1. The van der Waals surface area contributed by atoms with Gasteiger partial charge in [0.2, 0.25) is 0 Å². The van der Waals surface area contributed by atoms with Crippen LogP contribution in [0.5, 0.6) is 0 Å². The minimum atomic E-state index is 0. The molecule has 2 atom stereocenters. The molecule has 0 aromatic rings. The van der Waals surface area contributed by atoms with E-state index in [1.54, 1.807) is 0 Å². The highest BCUT2D eigenvalue weighted by Gasteiger charge is 2.19. The van der Waals surface area contributed by atoms with Gasteiger partial charge in [0.1, 0.15) is 0 Å². The Morgan fingerprint density at radius 3 is 2.64 bits per heavy atom. The van der Waals surface area contributed by atoms with E-state index in [-0.39, 0.29) is 30.6 Å². The quantitative estimate of drug-likeness (QED) is 0.248. The molecule has 0 saturated carbocycles. The molecule has 150 valence electrons. The molecule has 1 fully saturated rings. The molecule has 6 heteroatoms. The lowest BCUT2D eigenvalue weighted by Gasteiger charge is -2.35. The van der Waals surface area contributed by atoms with Crippen LogP contribution in [0.1, 0.15) is 65.7 Å². The molecule has 0 bridgehead atoms. The number of aliphatic hydroxyl groups excluding tert-OH is 1. The molecule has 0 aliphatic carbocycles. The monoisotopic (exact) mass is 468 g/mol. The van der Waals surface area contributed by atoms with Crippen molar-refractivity contribution in [2.45, 2.75) is 71.8 Å². The van der Waals surface area contributed by atoms with Gasteiger partial charge < -0.3 is 15.7 Å². The van der Waals surface area contributed by atoms with Crippen molar-refractivity contribution in [1.29, 1.82) is 0 Å². The van der Waals surface area contributed by atoms with Crippen molar-refractivity contribution in [1.82, 2.24) is 15.5 Å². The summed E-state index contributed by atoms with van der Waals surface area (Å²) in [4.78, 5) is 7.37. The van der Waals surface area contributed by atoms with E-state index < -0.39 is 0 Å². The van der Waals surface area contributed by atoms with Gasteiger partial charge in [0.25, 0.3) is 0 Å². The van der Waals surface area contributed by atoms with E-state index in [9.17, 15) is 5.11 Å². The first kappa shape index (κ1) is 24.9.